The Balaban J connectivity index is 1.50. The van der Waals surface area contributed by atoms with Crippen LogP contribution in [0.2, 0.25) is 0 Å². The van der Waals surface area contributed by atoms with E-state index in [2.05, 4.69) is 6.07 Å². The van der Waals surface area contributed by atoms with E-state index in [4.69, 9.17) is 10.1 Å². The fourth-order valence-corrected chi connectivity index (χ4v) is 3.86. The summed E-state index contributed by atoms with van der Waals surface area (Å²) < 4.78 is 1.90. The fraction of sp³-hybridized carbons (Fsp3) is 0.269. The van der Waals surface area contributed by atoms with Crippen molar-refractivity contribution in [3.63, 3.8) is 0 Å². The normalized spacial score (nSPS) is 14.2. The molecular formula is C26H25N3O2. The van der Waals surface area contributed by atoms with Crippen LogP contribution in [0.1, 0.15) is 59.9 Å². The number of rotatable bonds is 6. The Morgan fingerprint density at radius 3 is 2.42 bits per heavy atom. The van der Waals surface area contributed by atoms with Crippen molar-refractivity contribution in [3.05, 3.63) is 89.2 Å². The molecule has 156 valence electrons. The van der Waals surface area contributed by atoms with Crippen LogP contribution < -0.4 is 0 Å². The largest absolute Gasteiger partial charge is 0.386 e. The second-order valence-corrected chi connectivity index (χ2v) is 8.85. The zero-order valence-corrected chi connectivity index (χ0v) is 17.7. The van der Waals surface area contributed by atoms with Gasteiger partial charge >= 0.3 is 0 Å². The smallest absolute Gasteiger partial charge is 0.168 e. The van der Waals surface area contributed by atoms with Gasteiger partial charge in [-0.3, -0.25) is 4.79 Å². The van der Waals surface area contributed by atoms with E-state index in [1.807, 2.05) is 40.9 Å². The second-order valence-electron chi connectivity index (χ2n) is 8.85. The molecule has 0 bridgehead atoms. The Bertz CT molecular complexity index is 1250. The summed E-state index contributed by atoms with van der Waals surface area (Å²) in [6, 6.07) is 21.3. The lowest BCUT2D eigenvalue weighted by Gasteiger charge is -2.17. The molecule has 4 aromatic rings. The van der Waals surface area contributed by atoms with E-state index < -0.39 is 5.60 Å². The summed E-state index contributed by atoms with van der Waals surface area (Å²) in [6.45, 7) is 3.46. The number of benzene rings is 2. The number of hydrogen-bond donors (Lipinski definition) is 1. The standard InChI is InChI=1S/C26H25N3O2/c1-26(2,31)20-12-10-19(11-13-20)24(30)15-21-14-23(18-6-4-3-5-7-18)29-25(27-21)16-22(28-29)17-8-9-17/h3-7,10-14,16-17,31H,8-9,15H2,1-2H3. The summed E-state index contributed by atoms with van der Waals surface area (Å²) in [6.07, 6.45) is 2.56. The predicted octanol–water partition coefficient (Wildman–Crippen LogP) is 4.93. The first-order chi connectivity index (χ1) is 14.9. The molecule has 1 aliphatic carbocycles. The highest BCUT2D eigenvalue weighted by atomic mass is 16.3. The average molecular weight is 412 g/mol. The minimum atomic E-state index is -0.931. The lowest BCUT2D eigenvalue weighted by atomic mass is 9.96. The van der Waals surface area contributed by atoms with Gasteiger partial charge in [0.05, 0.1) is 29.1 Å². The predicted molar refractivity (Wildman–Crippen MR) is 120 cm³/mol. The molecule has 0 unspecified atom stereocenters. The second kappa shape index (κ2) is 7.43. The van der Waals surface area contributed by atoms with E-state index in [1.54, 1.807) is 38.1 Å². The van der Waals surface area contributed by atoms with Crippen LogP contribution >= 0.6 is 0 Å². The summed E-state index contributed by atoms with van der Waals surface area (Å²) in [4.78, 5) is 17.7. The Morgan fingerprint density at radius 2 is 1.77 bits per heavy atom. The van der Waals surface area contributed by atoms with E-state index in [-0.39, 0.29) is 12.2 Å². The van der Waals surface area contributed by atoms with Crippen LogP contribution in [0.4, 0.5) is 0 Å². The van der Waals surface area contributed by atoms with Crippen molar-refractivity contribution in [2.75, 3.05) is 0 Å². The van der Waals surface area contributed by atoms with Gasteiger partial charge in [-0.2, -0.15) is 5.10 Å². The lowest BCUT2D eigenvalue weighted by molar-refractivity contribution is 0.0784. The Hall–Kier alpha value is -3.31. The Morgan fingerprint density at radius 1 is 1.06 bits per heavy atom. The van der Waals surface area contributed by atoms with Crippen LogP contribution in [0.25, 0.3) is 16.9 Å². The van der Waals surface area contributed by atoms with E-state index in [1.165, 1.54) is 12.8 Å². The summed E-state index contributed by atoms with van der Waals surface area (Å²) in [7, 11) is 0. The summed E-state index contributed by atoms with van der Waals surface area (Å²) >= 11 is 0. The molecule has 0 aliphatic heterocycles. The van der Waals surface area contributed by atoms with Gasteiger partial charge in [-0.15, -0.1) is 0 Å². The van der Waals surface area contributed by atoms with Crippen molar-refractivity contribution in [3.8, 4) is 11.3 Å². The number of aliphatic hydroxyl groups is 1. The van der Waals surface area contributed by atoms with Gasteiger partial charge in [0.15, 0.2) is 11.4 Å². The maximum atomic E-state index is 13.0. The van der Waals surface area contributed by atoms with E-state index in [0.29, 0.717) is 11.5 Å². The Kier molecular flexibility index (Phi) is 4.71. The third-order valence-electron chi connectivity index (χ3n) is 5.82. The van der Waals surface area contributed by atoms with Gasteiger partial charge in [0, 0.05) is 23.1 Å². The molecule has 0 spiro atoms. The minimum Gasteiger partial charge on any atom is -0.386 e. The highest BCUT2D eigenvalue weighted by molar-refractivity contribution is 5.97. The molecule has 5 nitrogen and oxygen atoms in total. The van der Waals surface area contributed by atoms with Crippen molar-refractivity contribution < 1.29 is 9.90 Å². The summed E-state index contributed by atoms with van der Waals surface area (Å²) in [5.41, 5.74) is 5.04. The van der Waals surface area contributed by atoms with Gasteiger partial charge in [0.1, 0.15) is 0 Å². The first kappa shape index (κ1) is 19.6. The van der Waals surface area contributed by atoms with Gasteiger partial charge < -0.3 is 5.11 Å². The number of hydrogen-bond acceptors (Lipinski definition) is 4. The van der Waals surface area contributed by atoms with E-state index in [9.17, 15) is 9.90 Å². The van der Waals surface area contributed by atoms with Crippen LogP contribution in [0.15, 0.2) is 66.7 Å². The molecule has 0 saturated heterocycles. The molecule has 31 heavy (non-hydrogen) atoms. The van der Waals surface area contributed by atoms with Crippen molar-refractivity contribution in [2.45, 2.75) is 44.6 Å². The number of carbonyl (C=O) groups excluding carboxylic acids is 1. The topological polar surface area (TPSA) is 67.5 Å². The molecule has 2 aromatic heterocycles. The van der Waals surface area contributed by atoms with Crippen molar-refractivity contribution in [1.29, 1.82) is 0 Å². The zero-order valence-electron chi connectivity index (χ0n) is 17.7. The summed E-state index contributed by atoms with van der Waals surface area (Å²) in [5, 5.41) is 14.9. The van der Waals surface area contributed by atoms with Crippen LogP contribution in [-0.2, 0) is 12.0 Å². The molecule has 0 radical (unpaired) electrons. The third kappa shape index (κ3) is 4.01. The summed E-state index contributed by atoms with van der Waals surface area (Å²) in [5.74, 6) is 0.532. The van der Waals surface area contributed by atoms with Crippen LogP contribution in [0.3, 0.4) is 0 Å². The van der Waals surface area contributed by atoms with Crippen LogP contribution in [-0.4, -0.2) is 25.5 Å². The SMILES string of the molecule is CC(C)(O)c1ccc(C(=O)Cc2cc(-c3ccccc3)n3nc(C4CC4)cc3n2)cc1. The maximum absolute atomic E-state index is 13.0. The average Bonchev–Trinajstić information content (AvgIpc) is 3.52. The van der Waals surface area contributed by atoms with Crippen LogP contribution in [0, 0.1) is 0 Å². The van der Waals surface area contributed by atoms with Gasteiger partial charge in [-0.25, -0.2) is 9.50 Å². The zero-order chi connectivity index (χ0) is 21.6. The molecule has 1 N–H and O–H groups in total. The molecule has 5 heteroatoms. The molecule has 0 atom stereocenters. The molecule has 2 aromatic carbocycles. The maximum Gasteiger partial charge on any atom is 0.168 e. The van der Waals surface area contributed by atoms with Gasteiger partial charge in [-0.1, -0.05) is 54.6 Å². The third-order valence-corrected chi connectivity index (χ3v) is 5.82. The van der Waals surface area contributed by atoms with E-state index in [0.717, 1.165) is 33.9 Å². The Labute approximate surface area is 181 Å². The van der Waals surface area contributed by atoms with E-state index >= 15 is 0 Å². The van der Waals surface area contributed by atoms with Crippen molar-refractivity contribution in [1.82, 2.24) is 14.6 Å². The number of nitrogens with zero attached hydrogens (tertiary/aromatic N) is 3. The van der Waals surface area contributed by atoms with Gasteiger partial charge in [-0.05, 0) is 38.3 Å². The molecule has 2 heterocycles. The lowest BCUT2D eigenvalue weighted by Crippen LogP contribution is -2.15. The fourth-order valence-electron chi connectivity index (χ4n) is 3.86. The monoisotopic (exact) mass is 411 g/mol. The number of Topliss-reactive ketones (excluding diaryl/α,β-unsaturated/α-hetero) is 1. The highest BCUT2D eigenvalue weighted by Crippen LogP contribution is 2.39. The number of ketones is 1. The molecular weight excluding hydrogens is 386 g/mol. The first-order valence-electron chi connectivity index (χ1n) is 10.7. The number of aromatic nitrogens is 3. The molecule has 1 saturated carbocycles. The molecule has 1 aliphatic rings. The van der Waals surface area contributed by atoms with Crippen molar-refractivity contribution >= 4 is 11.4 Å². The molecule has 5 rings (SSSR count). The van der Waals surface area contributed by atoms with Crippen molar-refractivity contribution in [2.24, 2.45) is 0 Å². The number of fused-ring (bicyclic) bond motifs is 1. The quantitative estimate of drug-likeness (QED) is 0.457. The van der Waals surface area contributed by atoms with Gasteiger partial charge in [0.2, 0.25) is 0 Å². The number of carbonyl (C=O) groups is 1. The first-order valence-corrected chi connectivity index (χ1v) is 10.7. The molecule has 1 fully saturated rings. The highest BCUT2D eigenvalue weighted by Gasteiger charge is 2.27. The van der Waals surface area contributed by atoms with Gasteiger partial charge in [0.25, 0.3) is 0 Å². The molecule has 0 amide bonds. The minimum absolute atomic E-state index is 0.0000827. The van der Waals surface area contributed by atoms with Crippen LogP contribution in [0.5, 0.6) is 0 Å².